The molecule has 1 N–H and O–H groups in total. The fourth-order valence-electron chi connectivity index (χ4n) is 4.07. The topological polar surface area (TPSA) is 67.6 Å². The van der Waals surface area contributed by atoms with Gasteiger partial charge < -0.3 is 19.4 Å². The smallest absolute Gasteiger partial charge is 0.337 e. The second-order valence-electron chi connectivity index (χ2n) is 7.60. The molecule has 1 fully saturated rings. The lowest BCUT2D eigenvalue weighted by atomic mass is 10.0. The number of nitrogens with one attached hydrogen (secondary N) is 1. The molecule has 0 unspecified atom stereocenters. The fraction of sp³-hybridized carbons (Fsp3) is 0.115. The summed E-state index contributed by atoms with van der Waals surface area (Å²) in [5.41, 5.74) is 3.20. The molecule has 1 aliphatic rings. The fourth-order valence-corrected chi connectivity index (χ4v) is 4.41. The summed E-state index contributed by atoms with van der Waals surface area (Å²) in [4.78, 5) is 18.4. The van der Waals surface area contributed by atoms with Crippen LogP contribution in [-0.2, 0) is 4.74 Å². The van der Waals surface area contributed by atoms with Crippen LogP contribution in [0.3, 0.4) is 0 Å². The molecule has 0 saturated carbocycles. The predicted molar refractivity (Wildman–Crippen MR) is 130 cm³/mol. The van der Waals surface area contributed by atoms with E-state index in [0.717, 1.165) is 22.7 Å². The van der Waals surface area contributed by atoms with Crippen LogP contribution in [0.4, 0.5) is 5.69 Å². The molecule has 5 rings (SSSR count). The van der Waals surface area contributed by atoms with Gasteiger partial charge in [-0.3, -0.25) is 4.98 Å². The van der Waals surface area contributed by atoms with E-state index < -0.39 is 0 Å². The van der Waals surface area contributed by atoms with Crippen molar-refractivity contribution in [2.75, 3.05) is 12.0 Å². The molecule has 0 bridgehead atoms. The highest BCUT2D eigenvalue weighted by molar-refractivity contribution is 7.80. The largest absolute Gasteiger partial charge is 0.465 e. The molecule has 2 aromatic heterocycles. The first kappa shape index (κ1) is 20.9. The molecule has 0 aliphatic carbocycles. The third-order valence-corrected chi connectivity index (χ3v) is 5.96. The van der Waals surface area contributed by atoms with E-state index >= 15 is 0 Å². The number of para-hydroxylation sites is 1. The number of hydrogen-bond acceptors (Lipinski definition) is 5. The molecule has 6 nitrogen and oxygen atoms in total. The Hall–Kier alpha value is -3.97. The molecule has 3 heterocycles. The number of benzene rings is 2. The Kier molecular flexibility index (Phi) is 5.62. The van der Waals surface area contributed by atoms with Gasteiger partial charge in [0.2, 0.25) is 0 Å². The minimum Gasteiger partial charge on any atom is -0.465 e. The number of hydrogen-bond donors (Lipinski definition) is 1. The quantitative estimate of drug-likeness (QED) is 0.323. The lowest BCUT2D eigenvalue weighted by Gasteiger charge is -2.26. The number of rotatable bonds is 5. The predicted octanol–water partition coefficient (Wildman–Crippen LogP) is 5.31. The second-order valence-corrected chi connectivity index (χ2v) is 7.99. The summed E-state index contributed by atoms with van der Waals surface area (Å²) in [7, 11) is 1.37. The first-order chi connectivity index (χ1) is 16.2. The molecule has 1 saturated heterocycles. The number of furan rings is 1. The van der Waals surface area contributed by atoms with Gasteiger partial charge in [0, 0.05) is 17.4 Å². The van der Waals surface area contributed by atoms with Gasteiger partial charge in [0.1, 0.15) is 17.6 Å². The van der Waals surface area contributed by atoms with Crippen LogP contribution < -0.4 is 10.2 Å². The average molecular weight is 456 g/mol. The van der Waals surface area contributed by atoms with Crippen molar-refractivity contribution in [2.24, 2.45) is 0 Å². The van der Waals surface area contributed by atoms with E-state index in [9.17, 15) is 4.79 Å². The van der Waals surface area contributed by atoms with Gasteiger partial charge in [-0.2, -0.15) is 0 Å². The maximum absolute atomic E-state index is 11.7. The van der Waals surface area contributed by atoms with E-state index in [-0.39, 0.29) is 18.1 Å². The third-order valence-electron chi connectivity index (χ3n) is 5.64. The molecule has 2 aromatic carbocycles. The van der Waals surface area contributed by atoms with Gasteiger partial charge in [-0.15, -0.1) is 0 Å². The zero-order valence-corrected chi connectivity index (χ0v) is 18.7. The van der Waals surface area contributed by atoms with E-state index in [0.29, 0.717) is 16.4 Å². The Balaban J connectivity index is 1.53. The molecule has 33 heavy (non-hydrogen) atoms. The van der Waals surface area contributed by atoms with E-state index in [2.05, 4.69) is 15.2 Å². The summed E-state index contributed by atoms with van der Waals surface area (Å²) in [5.74, 6) is 1.09. The Morgan fingerprint density at radius 2 is 1.76 bits per heavy atom. The number of ether oxygens (including phenoxy) is 1. The van der Waals surface area contributed by atoms with Gasteiger partial charge in [0.15, 0.2) is 5.11 Å². The number of carbonyl (C=O) groups excluding carboxylic acids is 1. The molecular formula is C26H21N3O3S. The van der Waals surface area contributed by atoms with E-state index in [1.165, 1.54) is 7.11 Å². The lowest BCUT2D eigenvalue weighted by Crippen LogP contribution is -2.29. The van der Waals surface area contributed by atoms with Crippen LogP contribution >= 0.6 is 12.2 Å². The number of anilines is 1. The molecule has 0 radical (unpaired) electrons. The van der Waals surface area contributed by atoms with Crippen LogP contribution in [0.1, 0.15) is 33.9 Å². The highest BCUT2D eigenvalue weighted by Crippen LogP contribution is 2.42. The van der Waals surface area contributed by atoms with Crippen molar-refractivity contribution in [3.8, 4) is 11.3 Å². The zero-order valence-electron chi connectivity index (χ0n) is 17.8. The molecule has 4 aromatic rings. The maximum atomic E-state index is 11.7. The molecule has 2 atom stereocenters. The molecule has 164 valence electrons. The van der Waals surface area contributed by atoms with Gasteiger partial charge >= 0.3 is 5.97 Å². The van der Waals surface area contributed by atoms with Crippen LogP contribution in [0, 0.1) is 0 Å². The highest BCUT2D eigenvalue weighted by Gasteiger charge is 2.42. The number of aromatic nitrogens is 1. The third kappa shape index (κ3) is 3.99. The molecule has 0 spiro atoms. The van der Waals surface area contributed by atoms with Crippen LogP contribution in [-0.4, -0.2) is 23.2 Å². The van der Waals surface area contributed by atoms with Crippen molar-refractivity contribution in [1.82, 2.24) is 10.3 Å². The van der Waals surface area contributed by atoms with Crippen molar-refractivity contribution in [3.63, 3.8) is 0 Å². The number of nitrogens with zero attached hydrogens (tertiary/aromatic N) is 2. The van der Waals surface area contributed by atoms with Gasteiger partial charge in [-0.25, -0.2) is 4.79 Å². The highest BCUT2D eigenvalue weighted by atomic mass is 32.1. The summed E-state index contributed by atoms with van der Waals surface area (Å²) in [6.07, 6.45) is 1.78. The van der Waals surface area contributed by atoms with Crippen molar-refractivity contribution >= 4 is 29.0 Å². The summed E-state index contributed by atoms with van der Waals surface area (Å²) in [6, 6.07) is 26.5. The number of thiocarbonyl (C=S) groups is 1. The van der Waals surface area contributed by atoms with Crippen LogP contribution in [0.15, 0.2) is 95.5 Å². The van der Waals surface area contributed by atoms with E-state index in [1.54, 1.807) is 18.3 Å². The first-order valence-corrected chi connectivity index (χ1v) is 10.9. The number of pyridine rings is 1. The summed E-state index contributed by atoms with van der Waals surface area (Å²) < 4.78 is 11.1. The number of carbonyl (C=O) groups is 1. The average Bonchev–Trinajstić information content (AvgIpc) is 3.49. The van der Waals surface area contributed by atoms with Crippen molar-refractivity contribution in [1.29, 1.82) is 0 Å². The maximum Gasteiger partial charge on any atom is 0.337 e. The molecule has 1 aliphatic heterocycles. The van der Waals surface area contributed by atoms with E-state index in [4.69, 9.17) is 21.4 Å². The standard InChI is InChI=1S/C26H21N3O3S/c1-31-25(30)18-12-10-17(11-13-18)21-14-15-22(32-21)24-23(20-9-5-6-16-27-20)28-26(33)29(24)19-7-3-2-4-8-19/h2-16,23-24H,1H3,(H,28,33)/t23-,24+/m1/s1. The van der Waals surface area contributed by atoms with Gasteiger partial charge in [0.25, 0.3) is 0 Å². The van der Waals surface area contributed by atoms with Gasteiger partial charge in [0.05, 0.1) is 24.4 Å². The summed E-state index contributed by atoms with van der Waals surface area (Å²) in [6.45, 7) is 0. The van der Waals surface area contributed by atoms with Crippen molar-refractivity contribution < 1.29 is 13.9 Å². The number of esters is 1. The zero-order chi connectivity index (χ0) is 22.8. The Morgan fingerprint density at radius 1 is 1.00 bits per heavy atom. The Labute approximate surface area is 196 Å². The molecule has 0 amide bonds. The SMILES string of the molecule is COC(=O)c1ccc(-c2ccc([C@H]3[C@@H](c4ccccn4)NC(=S)N3c3ccccc3)o2)cc1. The van der Waals surface area contributed by atoms with Crippen LogP contribution in [0.25, 0.3) is 11.3 Å². The second kappa shape index (κ2) is 8.88. The molecular weight excluding hydrogens is 434 g/mol. The minimum atomic E-state index is -0.371. The van der Waals surface area contributed by atoms with Gasteiger partial charge in [-0.1, -0.05) is 36.4 Å². The Bertz CT molecular complexity index is 1270. The van der Waals surface area contributed by atoms with Gasteiger partial charge in [-0.05, 0) is 60.7 Å². The van der Waals surface area contributed by atoms with Crippen molar-refractivity contribution in [2.45, 2.75) is 12.1 Å². The summed E-state index contributed by atoms with van der Waals surface area (Å²) >= 11 is 5.73. The van der Waals surface area contributed by atoms with Crippen LogP contribution in [0.2, 0.25) is 0 Å². The number of methoxy groups -OCH3 is 1. The Morgan fingerprint density at radius 3 is 2.45 bits per heavy atom. The monoisotopic (exact) mass is 455 g/mol. The molecule has 7 heteroatoms. The minimum absolute atomic E-state index is 0.181. The normalized spacial score (nSPS) is 17.6. The summed E-state index contributed by atoms with van der Waals surface area (Å²) in [5, 5.41) is 4.04. The van der Waals surface area contributed by atoms with Crippen molar-refractivity contribution in [3.05, 3.63) is 108 Å². The lowest BCUT2D eigenvalue weighted by molar-refractivity contribution is 0.0600. The van der Waals surface area contributed by atoms with Crippen LogP contribution in [0.5, 0.6) is 0 Å². The first-order valence-electron chi connectivity index (χ1n) is 10.5. The van der Waals surface area contributed by atoms with E-state index in [1.807, 2.05) is 72.8 Å².